The Hall–Kier alpha value is -1.77. The Balaban J connectivity index is 1.13. The van der Waals surface area contributed by atoms with Gasteiger partial charge in [0.25, 0.3) is 0 Å². The first-order valence-electron chi connectivity index (χ1n) is 18.0. The summed E-state index contributed by atoms with van der Waals surface area (Å²) in [5.74, 6) is 4.07. The molecule has 0 bridgehead atoms. The number of carbonyl (C=O) groups is 1. The molecule has 0 N–H and O–H groups in total. The van der Waals surface area contributed by atoms with E-state index in [0.717, 1.165) is 49.4 Å². The topological polar surface area (TPSA) is 35.5 Å². The summed E-state index contributed by atoms with van der Waals surface area (Å²) in [5.41, 5.74) is 3.70. The van der Waals surface area contributed by atoms with Crippen LogP contribution >= 0.6 is 0 Å². The largest absolute Gasteiger partial charge is 0.514 e. The standard InChI is InChI=1S/C39H60O3/c1-5-7-9-10-11-13-15-30-19-23-35-34-22-18-31-28-33(24-26-39(31,4)36(34)25-27-38(30,35)3)42-37(40)41-32-20-16-29(17-21-32)14-12-8-6-2/h16-18,20-21,30,33-36H,5-15,19,22-28H2,1-4H3. The lowest BCUT2D eigenvalue weighted by Gasteiger charge is -2.58. The molecule has 3 fully saturated rings. The molecule has 0 radical (unpaired) electrons. The van der Waals surface area contributed by atoms with Gasteiger partial charge in [-0.3, -0.25) is 0 Å². The highest BCUT2D eigenvalue weighted by molar-refractivity contribution is 5.64. The number of rotatable bonds is 13. The van der Waals surface area contributed by atoms with E-state index in [1.165, 1.54) is 102 Å². The van der Waals surface area contributed by atoms with Gasteiger partial charge in [0.05, 0.1) is 0 Å². The number of aryl methyl sites for hydroxylation is 1. The first-order valence-corrected chi connectivity index (χ1v) is 18.0. The van der Waals surface area contributed by atoms with E-state index in [1.807, 2.05) is 12.1 Å². The maximum absolute atomic E-state index is 12.7. The summed E-state index contributed by atoms with van der Waals surface area (Å²) in [6.45, 7) is 9.77. The van der Waals surface area contributed by atoms with Gasteiger partial charge in [0.1, 0.15) is 11.9 Å². The molecule has 1 aromatic carbocycles. The van der Waals surface area contributed by atoms with Crippen molar-refractivity contribution < 1.29 is 14.3 Å². The first kappa shape index (κ1) is 31.6. The second kappa shape index (κ2) is 14.3. The number of carbonyl (C=O) groups excluding carboxylic acids is 1. The van der Waals surface area contributed by atoms with Crippen LogP contribution in [0.3, 0.4) is 0 Å². The minimum Gasteiger partial charge on any atom is -0.430 e. The summed E-state index contributed by atoms with van der Waals surface area (Å²) >= 11 is 0. The molecule has 0 spiro atoms. The molecule has 3 nitrogen and oxygen atoms in total. The molecule has 3 saturated carbocycles. The SMILES string of the molecule is CCCCCCCCC1CCC2C3CC=C4CC(OC(=O)Oc5ccc(CCCCC)cc5)CCC4(C)C3CCC12C. The van der Waals surface area contributed by atoms with Crippen LogP contribution in [-0.2, 0) is 11.2 Å². The minimum absolute atomic E-state index is 0.0660. The van der Waals surface area contributed by atoms with Crippen molar-refractivity contribution in [2.75, 3.05) is 0 Å². The van der Waals surface area contributed by atoms with Crippen molar-refractivity contribution in [2.24, 2.45) is 34.5 Å². The molecule has 4 aliphatic rings. The monoisotopic (exact) mass is 576 g/mol. The predicted octanol–water partition coefficient (Wildman–Crippen LogP) is 11.6. The van der Waals surface area contributed by atoms with Crippen molar-refractivity contribution in [2.45, 2.75) is 156 Å². The zero-order valence-corrected chi connectivity index (χ0v) is 27.4. The summed E-state index contributed by atoms with van der Waals surface area (Å²) in [6, 6.07) is 7.96. The van der Waals surface area contributed by atoms with Crippen LogP contribution in [0.2, 0.25) is 0 Å². The molecule has 0 aromatic heterocycles. The second-order valence-corrected chi connectivity index (χ2v) is 15.1. The van der Waals surface area contributed by atoms with Gasteiger partial charge < -0.3 is 9.47 Å². The fraction of sp³-hybridized carbons (Fsp3) is 0.769. The summed E-state index contributed by atoms with van der Waals surface area (Å²) in [7, 11) is 0. The van der Waals surface area contributed by atoms with Crippen LogP contribution in [0, 0.1) is 34.5 Å². The number of benzene rings is 1. The molecule has 234 valence electrons. The number of ether oxygens (including phenoxy) is 2. The number of unbranched alkanes of at least 4 members (excludes halogenated alkanes) is 7. The van der Waals surface area contributed by atoms with Crippen molar-refractivity contribution in [1.29, 1.82) is 0 Å². The Morgan fingerprint density at radius 3 is 2.36 bits per heavy atom. The minimum atomic E-state index is -0.549. The third-order valence-corrected chi connectivity index (χ3v) is 12.6. The number of hydrogen-bond donors (Lipinski definition) is 0. The van der Waals surface area contributed by atoms with Crippen molar-refractivity contribution in [3.05, 3.63) is 41.5 Å². The van der Waals surface area contributed by atoms with Gasteiger partial charge in [-0.1, -0.05) is 103 Å². The van der Waals surface area contributed by atoms with Crippen LogP contribution in [0.5, 0.6) is 5.75 Å². The van der Waals surface area contributed by atoms with Crippen molar-refractivity contribution in [3.63, 3.8) is 0 Å². The van der Waals surface area contributed by atoms with E-state index < -0.39 is 6.16 Å². The van der Waals surface area contributed by atoms with Gasteiger partial charge in [0.2, 0.25) is 0 Å². The highest BCUT2D eigenvalue weighted by atomic mass is 16.7. The number of hydrogen-bond acceptors (Lipinski definition) is 3. The Bertz CT molecular complexity index is 1040. The van der Waals surface area contributed by atoms with Crippen LogP contribution in [0.1, 0.15) is 149 Å². The molecular weight excluding hydrogens is 516 g/mol. The molecule has 42 heavy (non-hydrogen) atoms. The molecule has 0 heterocycles. The normalized spacial score (nSPS) is 33.7. The molecule has 1 aromatic rings. The van der Waals surface area contributed by atoms with Crippen molar-refractivity contribution in [3.8, 4) is 5.75 Å². The smallest absolute Gasteiger partial charge is 0.430 e. The average Bonchev–Trinajstić information content (AvgIpc) is 3.32. The predicted molar refractivity (Wildman–Crippen MR) is 174 cm³/mol. The third-order valence-electron chi connectivity index (χ3n) is 12.6. The van der Waals surface area contributed by atoms with Crippen LogP contribution in [0.4, 0.5) is 4.79 Å². The van der Waals surface area contributed by atoms with Gasteiger partial charge in [0.15, 0.2) is 0 Å². The van der Waals surface area contributed by atoms with Crippen LogP contribution in [0.25, 0.3) is 0 Å². The molecule has 7 atom stereocenters. The fourth-order valence-electron chi connectivity index (χ4n) is 10.0. The lowest BCUT2D eigenvalue weighted by Crippen LogP contribution is -2.50. The van der Waals surface area contributed by atoms with Crippen molar-refractivity contribution in [1.82, 2.24) is 0 Å². The second-order valence-electron chi connectivity index (χ2n) is 15.1. The van der Waals surface area contributed by atoms with Gasteiger partial charge >= 0.3 is 6.16 Å². The maximum atomic E-state index is 12.7. The summed E-state index contributed by atoms with van der Waals surface area (Å²) < 4.78 is 11.5. The van der Waals surface area contributed by atoms with E-state index in [1.54, 1.807) is 5.57 Å². The molecule has 0 aliphatic heterocycles. The highest BCUT2D eigenvalue weighted by Gasteiger charge is 2.58. The quantitative estimate of drug-likeness (QED) is 0.101. The van der Waals surface area contributed by atoms with Gasteiger partial charge in [-0.25, -0.2) is 4.79 Å². The maximum Gasteiger partial charge on any atom is 0.514 e. The van der Waals surface area contributed by atoms with Gasteiger partial charge in [0, 0.05) is 6.42 Å². The van der Waals surface area contributed by atoms with Crippen LogP contribution in [0.15, 0.2) is 35.9 Å². The Labute approximate surface area is 257 Å². The van der Waals surface area contributed by atoms with Gasteiger partial charge in [-0.05, 0) is 116 Å². The molecule has 0 saturated heterocycles. The molecule has 5 rings (SSSR count). The highest BCUT2D eigenvalue weighted by Crippen LogP contribution is 2.66. The number of allylic oxidation sites excluding steroid dienone is 1. The Morgan fingerprint density at radius 1 is 0.833 bits per heavy atom. The molecule has 4 aliphatic carbocycles. The molecule has 0 amide bonds. The van der Waals surface area contributed by atoms with E-state index in [2.05, 4.69) is 45.9 Å². The first-order chi connectivity index (χ1) is 20.4. The van der Waals surface area contributed by atoms with E-state index in [0.29, 0.717) is 11.2 Å². The van der Waals surface area contributed by atoms with Gasteiger partial charge in [-0.15, -0.1) is 0 Å². The third kappa shape index (κ3) is 6.96. The summed E-state index contributed by atoms with van der Waals surface area (Å²) in [5, 5.41) is 0. The molecule has 3 heteroatoms. The zero-order valence-electron chi connectivity index (χ0n) is 27.4. The van der Waals surface area contributed by atoms with Crippen molar-refractivity contribution >= 4 is 6.16 Å². The van der Waals surface area contributed by atoms with Gasteiger partial charge in [-0.2, -0.15) is 0 Å². The van der Waals surface area contributed by atoms with E-state index in [4.69, 9.17) is 9.47 Å². The Morgan fingerprint density at radius 2 is 1.57 bits per heavy atom. The summed E-state index contributed by atoms with van der Waals surface area (Å²) in [4.78, 5) is 12.7. The lowest BCUT2D eigenvalue weighted by atomic mass is 9.47. The average molecular weight is 577 g/mol. The van der Waals surface area contributed by atoms with E-state index >= 15 is 0 Å². The lowest BCUT2D eigenvalue weighted by molar-refractivity contribution is -0.0538. The van der Waals surface area contributed by atoms with Crippen LogP contribution in [-0.4, -0.2) is 12.3 Å². The summed E-state index contributed by atoms with van der Waals surface area (Å²) in [6.07, 6.45) is 26.6. The number of fused-ring (bicyclic) bond motifs is 5. The fourth-order valence-corrected chi connectivity index (χ4v) is 10.0. The molecular formula is C39H60O3. The Kier molecular flexibility index (Phi) is 10.8. The van der Waals surface area contributed by atoms with E-state index in [-0.39, 0.29) is 11.5 Å². The van der Waals surface area contributed by atoms with E-state index in [9.17, 15) is 4.79 Å². The molecule has 7 unspecified atom stereocenters. The van der Waals surface area contributed by atoms with Crippen LogP contribution < -0.4 is 4.74 Å². The zero-order chi connectivity index (χ0) is 29.6.